The minimum absolute atomic E-state index is 0.0500. The first-order valence-electron chi connectivity index (χ1n) is 7.53. The summed E-state index contributed by atoms with van der Waals surface area (Å²) < 4.78 is 5.27. The number of methoxy groups -OCH3 is 1. The Morgan fingerprint density at radius 1 is 1.19 bits per heavy atom. The van der Waals surface area contributed by atoms with Gasteiger partial charge in [-0.05, 0) is 39.8 Å². The highest BCUT2D eigenvalue weighted by atomic mass is 16.5. The molecule has 2 rings (SSSR count). The average molecular weight is 291 g/mol. The second kappa shape index (κ2) is 5.68. The van der Waals surface area contributed by atoms with E-state index in [1.807, 2.05) is 18.2 Å². The molecule has 1 saturated heterocycles. The van der Waals surface area contributed by atoms with Crippen molar-refractivity contribution in [3.63, 3.8) is 0 Å². The van der Waals surface area contributed by atoms with Crippen LogP contribution in [-0.4, -0.2) is 30.1 Å². The zero-order chi connectivity index (χ0) is 15.7. The predicted molar refractivity (Wildman–Crippen MR) is 83.6 cm³/mol. The van der Waals surface area contributed by atoms with Gasteiger partial charge in [0.25, 0.3) is 5.91 Å². The Bertz CT molecular complexity index is 507. The molecule has 116 valence electrons. The lowest BCUT2D eigenvalue weighted by Crippen LogP contribution is -3.06. The van der Waals surface area contributed by atoms with Crippen molar-refractivity contribution in [2.75, 3.05) is 7.11 Å². The van der Waals surface area contributed by atoms with E-state index in [-0.39, 0.29) is 23.0 Å². The number of benzene rings is 1. The van der Waals surface area contributed by atoms with Crippen molar-refractivity contribution >= 4 is 5.91 Å². The maximum absolute atomic E-state index is 12.5. The number of nitrogens with two attached hydrogens (primary N) is 1. The van der Waals surface area contributed by atoms with Gasteiger partial charge in [-0.1, -0.05) is 12.1 Å². The van der Waals surface area contributed by atoms with Gasteiger partial charge in [0.1, 0.15) is 5.75 Å². The van der Waals surface area contributed by atoms with E-state index in [1.54, 1.807) is 13.2 Å². The summed E-state index contributed by atoms with van der Waals surface area (Å²) in [4.78, 5) is 12.5. The average Bonchev–Trinajstić information content (AvgIpc) is 2.34. The van der Waals surface area contributed by atoms with Gasteiger partial charge in [-0.3, -0.25) is 4.79 Å². The van der Waals surface area contributed by atoms with Crippen molar-refractivity contribution in [3.05, 3.63) is 29.8 Å². The van der Waals surface area contributed by atoms with Gasteiger partial charge in [0, 0.05) is 18.9 Å². The number of amides is 1. The molecule has 0 aromatic heterocycles. The molecule has 1 amide bonds. The zero-order valence-electron chi connectivity index (χ0n) is 13.7. The maximum atomic E-state index is 12.5. The molecule has 1 aromatic carbocycles. The Hall–Kier alpha value is -1.55. The molecule has 21 heavy (non-hydrogen) atoms. The van der Waals surface area contributed by atoms with E-state index in [4.69, 9.17) is 4.74 Å². The molecule has 0 spiro atoms. The third-order valence-corrected chi connectivity index (χ3v) is 4.01. The number of ether oxygens (including phenoxy) is 1. The van der Waals surface area contributed by atoms with E-state index in [0.717, 1.165) is 12.8 Å². The summed E-state index contributed by atoms with van der Waals surface area (Å²) in [6, 6.07) is 7.55. The highest BCUT2D eigenvalue weighted by Crippen LogP contribution is 2.23. The van der Waals surface area contributed by atoms with Gasteiger partial charge >= 0.3 is 0 Å². The molecule has 1 heterocycles. The molecule has 0 aliphatic carbocycles. The Balaban J connectivity index is 2.12. The van der Waals surface area contributed by atoms with Gasteiger partial charge in [-0.15, -0.1) is 0 Å². The van der Waals surface area contributed by atoms with Gasteiger partial charge in [-0.2, -0.15) is 0 Å². The molecule has 1 aromatic rings. The van der Waals surface area contributed by atoms with E-state index in [2.05, 4.69) is 38.3 Å². The summed E-state index contributed by atoms with van der Waals surface area (Å²) in [5, 5.41) is 5.59. The van der Waals surface area contributed by atoms with Gasteiger partial charge in [0.2, 0.25) is 0 Å². The molecule has 1 fully saturated rings. The highest BCUT2D eigenvalue weighted by molar-refractivity contribution is 5.97. The topological polar surface area (TPSA) is 54.9 Å². The van der Waals surface area contributed by atoms with Crippen LogP contribution in [0.25, 0.3) is 0 Å². The van der Waals surface area contributed by atoms with Crippen LogP contribution in [0.15, 0.2) is 24.3 Å². The number of hydrogen-bond donors (Lipinski definition) is 2. The second-order valence-electron chi connectivity index (χ2n) is 7.40. The fourth-order valence-corrected chi connectivity index (χ4v) is 3.72. The zero-order valence-corrected chi connectivity index (χ0v) is 13.7. The van der Waals surface area contributed by atoms with Crippen molar-refractivity contribution in [3.8, 4) is 5.75 Å². The summed E-state index contributed by atoms with van der Waals surface area (Å²) in [6.07, 6.45) is 1.94. The number of piperidine rings is 1. The fraction of sp³-hybridized carbons (Fsp3) is 0.588. The van der Waals surface area contributed by atoms with Crippen molar-refractivity contribution < 1.29 is 14.8 Å². The second-order valence-corrected chi connectivity index (χ2v) is 7.40. The highest BCUT2D eigenvalue weighted by Gasteiger charge is 2.42. The van der Waals surface area contributed by atoms with Crippen LogP contribution >= 0.6 is 0 Å². The SMILES string of the molecule is COc1ccccc1C(=O)NC1CC(C)(C)[NH2+]C(C)(C)C1. The minimum Gasteiger partial charge on any atom is -0.496 e. The lowest BCUT2D eigenvalue weighted by atomic mass is 9.79. The maximum Gasteiger partial charge on any atom is 0.255 e. The lowest BCUT2D eigenvalue weighted by Gasteiger charge is -2.43. The fourth-order valence-electron chi connectivity index (χ4n) is 3.72. The lowest BCUT2D eigenvalue weighted by molar-refractivity contribution is -0.787. The summed E-state index contributed by atoms with van der Waals surface area (Å²) >= 11 is 0. The Morgan fingerprint density at radius 2 is 1.76 bits per heavy atom. The van der Waals surface area contributed by atoms with Crippen molar-refractivity contribution in [1.82, 2.24) is 5.32 Å². The van der Waals surface area contributed by atoms with Crippen LogP contribution in [0.2, 0.25) is 0 Å². The van der Waals surface area contributed by atoms with Gasteiger partial charge < -0.3 is 15.4 Å². The first-order chi connectivity index (χ1) is 9.72. The van der Waals surface area contributed by atoms with E-state index in [0.29, 0.717) is 11.3 Å². The van der Waals surface area contributed by atoms with Crippen molar-refractivity contribution in [1.29, 1.82) is 0 Å². The number of nitrogens with one attached hydrogen (secondary N) is 1. The van der Waals surface area contributed by atoms with Crippen LogP contribution in [0.5, 0.6) is 5.75 Å². The van der Waals surface area contributed by atoms with Crippen LogP contribution in [0.1, 0.15) is 50.9 Å². The molecule has 0 saturated carbocycles. The molecule has 0 bridgehead atoms. The molecule has 3 N–H and O–H groups in total. The Morgan fingerprint density at radius 3 is 2.33 bits per heavy atom. The normalized spacial score (nSPS) is 20.8. The van der Waals surface area contributed by atoms with E-state index < -0.39 is 0 Å². The van der Waals surface area contributed by atoms with Crippen LogP contribution in [0, 0.1) is 0 Å². The number of carbonyl (C=O) groups is 1. The molecule has 4 heteroatoms. The van der Waals surface area contributed by atoms with Crippen LogP contribution in [0.3, 0.4) is 0 Å². The van der Waals surface area contributed by atoms with Crippen LogP contribution in [0.4, 0.5) is 0 Å². The summed E-state index contributed by atoms with van der Waals surface area (Å²) in [5.74, 6) is 0.571. The predicted octanol–water partition coefficient (Wildman–Crippen LogP) is 1.71. The molecule has 1 aliphatic rings. The number of carbonyl (C=O) groups excluding carboxylic acids is 1. The smallest absolute Gasteiger partial charge is 0.255 e. The number of quaternary nitrogens is 1. The van der Waals surface area contributed by atoms with Gasteiger partial charge in [0.05, 0.1) is 23.8 Å². The summed E-state index contributed by atoms with van der Waals surface area (Å²) in [7, 11) is 1.59. The summed E-state index contributed by atoms with van der Waals surface area (Å²) in [5.41, 5.74) is 0.881. The third-order valence-electron chi connectivity index (χ3n) is 4.01. The minimum atomic E-state index is -0.0500. The quantitative estimate of drug-likeness (QED) is 0.891. The Labute approximate surface area is 127 Å². The van der Waals surface area contributed by atoms with Gasteiger partial charge in [0.15, 0.2) is 0 Å². The van der Waals surface area contributed by atoms with Crippen molar-refractivity contribution in [2.45, 2.75) is 57.7 Å². The Kier molecular flexibility index (Phi) is 4.28. The summed E-state index contributed by atoms with van der Waals surface area (Å²) in [6.45, 7) is 8.93. The molecule has 0 radical (unpaired) electrons. The van der Waals surface area contributed by atoms with Crippen molar-refractivity contribution in [2.24, 2.45) is 0 Å². The van der Waals surface area contributed by atoms with Crippen LogP contribution in [-0.2, 0) is 0 Å². The first kappa shape index (κ1) is 15.8. The first-order valence-corrected chi connectivity index (χ1v) is 7.53. The third kappa shape index (κ3) is 3.97. The molecule has 0 atom stereocenters. The number of rotatable bonds is 3. The number of para-hydroxylation sites is 1. The molecule has 1 aliphatic heterocycles. The standard InChI is InChI=1S/C17H26N2O2/c1-16(2)10-12(11-17(3,4)19-16)18-15(20)13-8-6-7-9-14(13)21-5/h6-9,12,19H,10-11H2,1-5H3,(H,18,20)/p+1. The van der Waals surface area contributed by atoms with Crippen LogP contribution < -0.4 is 15.4 Å². The van der Waals surface area contributed by atoms with E-state index in [1.165, 1.54) is 0 Å². The molecular formula is C17H27N2O2+. The molecule has 4 nitrogen and oxygen atoms in total. The van der Waals surface area contributed by atoms with Gasteiger partial charge in [-0.25, -0.2) is 0 Å². The largest absolute Gasteiger partial charge is 0.496 e. The monoisotopic (exact) mass is 291 g/mol. The number of hydrogen-bond acceptors (Lipinski definition) is 2. The van der Waals surface area contributed by atoms with E-state index in [9.17, 15) is 4.79 Å². The molecule has 0 unspecified atom stereocenters. The van der Waals surface area contributed by atoms with E-state index >= 15 is 0 Å². The molecular weight excluding hydrogens is 264 g/mol.